The molecule has 128 valence electrons. The number of ketones is 1. The highest BCUT2D eigenvalue weighted by Crippen LogP contribution is 2.66. The fourth-order valence-electron chi connectivity index (χ4n) is 4.62. The molecule has 2 aliphatic rings. The smallest absolute Gasteiger partial charge is 0.332 e. The van der Waals surface area contributed by atoms with Crippen molar-refractivity contribution < 1.29 is 9.59 Å². The predicted molar refractivity (Wildman–Crippen MR) is 93.4 cm³/mol. The van der Waals surface area contributed by atoms with E-state index in [1.54, 1.807) is 0 Å². The Hall–Kier alpha value is -2.17. The van der Waals surface area contributed by atoms with Gasteiger partial charge in [0.25, 0.3) is 0 Å². The molecular weight excluding hydrogens is 302 g/mol. The van der Waals surface area contributed by atoms with Gasteiger partial charge in [0.1, 0.15) is 5.78 Å². The molecule has 2 aliphatic carbocycles. The summed E-state index contributed by atoms with van der Waals surface area (Å²) >= 11 is 0. The van der Waals surface area contributed by atoms with E-state index < -0.39 is 6.03 Å². The van der Waals surface area contributed by atoms with E-state index in [0.29, 0.717) is 12.1 Å². The molecule has 3 atom stereocenters. The number of carbonyl (C=O) groups is 2. The number of nitrogens with one attached hydrogen (secondary N) is 1. The summed E-state index contributed by atoms with van der Waals surface area (Å²) in [5.41, 5.74) is 8.93. The number of Topliss-reactive ketones (excluding diaryl/α,β-unsaturated/α-hetero) is 1. The van der Waals surface area contributed by atoms with Crippen LogP contribution in [0.4, 0.5) is 4.79 Å². The van der Waals surface area contributed by atoms with E-state index in [1.165, 1.54) is 0 Å². The number of urea groups is 1. The van der Waals surface area contributed by atoms with Gasteiger partial charge >= 0.3 is 6.03 Å². The van der Waals surface area contributed by atoms with Crippen LogP contribution in [-0.4, -0.2) is 17.5 Å². The van der Waals surface area contributed by atoms with E-state index in [9.17, 15) is 9.59 Å². The van der Waals surface area contributed by atoms with Crippen molar-refractivity contribution in [2.45, 2.75) is 40.0 Å². The first kappa shape index (κ1) is 16.7. The lowest BCUT2D eigenvalue weighted by atomic mass is 9.70. The molecule has 2 amide bonds. The Morgan fingerprint density at radius 2 is 1.96 bits per heavy atom. The van der Waals surface area contributed by atoms with E-state index in [2.05, 4.69) is 31.3 Å². The van der Waals surface area contributed by atoms with Crippen LogP contribution in [0.5, 0.6) is 0 Å². The van der Waals surface area contributed by atoms with Gasteiger partial charge in [-0.05, 0) is 29.7 Å². The molecule has 0 saturated heterocycles. The molecule has 3 unspecified atom stereocenters. The van der Waals surface area contributed by atoms with E-state index in [4.69, 9.17) is 5.73 Å². The molecule has 2 bridgehead atoms. The van der Waals surface area contributed by atoms with Crippen molar-refractivity contribution in [2.75, 3.05) is 0 Å². The summed E-state index contributed by atoms with van der Waals surface area (Å²) in [4.78, 5) is 24.3. The number of hydrogen-bond donors (Lipinski definition) is 2. The lowest BCUT2D eigenvalue weighted by molar-refractivity contribution is -0.129. The molecular formula is C19H25N3O2. The first-order valence-corrected chi connectivity index (χ1v) is 8.47. The lowest BCUT2D eigenvalue weighted by Gasteiger charge is -2.32. The zero-order valence-corrected chi connectivity index (χ0v) is 14.5. The molecule has 0 heterocycles. The third kappa shape index (κ3) is 2.43. The molecule has 5 heteroatoms. The molecule has 1 aromatic rings. The normalized spacial score (nSPS) is 31.3. The predicted octanol–water partition coefficient (Wildman–Crippen LogP) is 2.89. The van der Waals surface area contributed by atoms with Crippen LogP contribution < -0.4 is 11.2 Å². The summed E-state index contributed by atoms with van der Waals surface area (Å²) in [6.45, 7) is 6.45. The maximum Gasteiger partial charge on any atom is 0.332 e. The van der Waals surface area contributed by atoms with Crippen molar-refractivity contribution in [3.63, 3.8) is 0 Å². The molecule has 5 nitrogen and oxygen atoms in total. The Kier molecular flexibility index (Phi) is 3.98. The highest BCUT2D eigenvalue weighted by molar-refractivity contribution is 6.11. The number of nitrogens with zero attached hydrogens (tertiary/aromatic N) is 1. The minimum absolute atomic E-state index is 0.0566. The lowest BCUT2D eigenvalue weighted by Crippen LogP contribution is -2.37. The summed E-state index contributed by atoms with van der Waals surface area (Å²) in [5.74, 6) is 0.266. The van der Waals surface area contributed by atoms with Crippen molar-refractivity contribution in [3.05, 3.63) is 35.9 Å². The highest BCUT2D eigenvalue weighted by Gasteiger charge is 2.67. The average Bonchev–Trinajstić information content (AvgIpc) is 2.85. The van der Waals surface area contributed by atoms with Crippen LogP contribution in [0.25, 0.3) is 0 Å². The topological polar surface area (TPSA) is 84.5 Å². The van der Waals surface area contributed by atoms with Crippen LogP contribution in [0.15, 0.2) is 35.4 Å². The Morgan fingerprint density at radius 3 is 2.50 bits per heavy atom. The van der Waals surface area contributed by atoms with Crippen molar-refractivity contribution in [2.24, 2.45) is 33.5 Å². The SMILES string of the molecule is CC12CCC(C(/C(Cc3ccccc3)=N\NC(N)=O)C1=O)C2(C)C. The second-order valence-electron chi connectivity index (χ2n) is 7.78. The van der Waals surface area contributed by atoms with Gasteiger partial charge in [0.05, 0.1) is 11.6 Å². The molecule has 3 N–H and O–H groups in total. The summed E-state index contributed by atoms with van der Waals surface area (Å²) in [6, 6.07) is 9.18. The number of nitrogens with two attached hydrogens (primary N) is 1. The van der Waals surface area contributed by atoms with Crippen LogP contribution in [-0.2, 0) is 11.2 Å². The van der Waals surface area contributed by atoms with Gasteiger partial charge < -0.3 is 5.73 Å². The largest absolute Gasteiger partial charge is 0.350 e. The number of hydrazone groups is 1. The van der Waals surface area contributed by atoms with Crippen LogP contribution in [0.3, 0.4) is 0 Å². The highest BCUT2D eigenvalue weighted by atomic mass is 16.2. The molecule has 0 aromatic heterocycles. The number of fused-ring (bicyclic) bond motifs is 2. The Balaban J connectivity index is 1.96. The van der Waals surface area contributed by atoms with Crippen LogP contribution in [0.1, 0.15) is 39.2 Å². The van der Waals surface area contributed by atoms with Crippen molar-refractivity contribution in [1.29, 1.82) is 0 Å². The van der Waals surface area contributed by atoms with Crippen molar-refractivity contribution >= 4 is 17.5 Å². The molecule has 0 radical (unpaired) electrons. The number of amides is 2. The van der Waals surface area contributed by atoms with Crippen molar-refractivity contribution in [3.8, 4) is 0 Å². The molecule has 1 aromatic carbocycles. The van der Waals surface area contributed by atoms with E-state index >= 15 is 0 Å². The first-order chi connectivity index (χ1) is 11.3. The summed E-state index contributed by atoms with van der Waals surface area (Å²) in [5, 5.41) is 4.24. The van der Waals surface area contributed by atoms with E-state index in [0.717, 1.165) is 18.4 Å². The summed E-state index contributed by atoms with van der Waals surface area (Å²) in [6.07, 6.45) is 2.49. The third-order valence-electron chi connectivity index (χ3n) is 6.43. The maximum absolute atomic E-state index is 13.2. The van der Waals surface area contributed by atoms with E-state index in [1.807, 2.05) is 30.3 Å². The Bertz CT molecular complexity index is 696. The first-order valence-electron chi connectivity index (χ1n) is 8.47. The van der Waals surface area contributed by atoms with Gasteiger partial charge in [-0.25, -0.2) is 10.2 Å². The Labute approximate surface area is 142 Å². The van der Waals surface area contributed by atoms with Crippen LogP contribution >= 0.6 is 0 Å². The van der Waals surface area contributed by atoms with Gasteiger partial charge in [-0.1, -0.05) is 51.1 Å². The monoisotopic (exact) mass is 327 g/mol. The third-order valence-corrected chi connectivity index (χ3v) is 6.43. The molecule has 0 spiro atoms. The summed E-state index contributed by atoms with van der Waals surface area (Å²) in [7, 11) is 0. The Morgan fingerprint density at radius 1 is 1.29 bits per heavy atom. The van der Waals surface area contributed by atoms with Gasteiger partial charge in [0.2, 0.25) is 0 Å². The fourth-order valence-corrected chi connectivity index (χ4v) is 4.62. The zero-order valence-electron chi connectivity index (χ0n) is 14.5. The summed E-state index contributed by atoms with van der Waals surface area (Å²) < 4.78 is 0. The fraction of sp³-hybridized carbons (Fsp3) is 0.526. The van der Waals surface area contributed by atoms with Gasteiger partial charge in [-0.15, -0.1) is 0 Å². The number of benzene rings is 1. The van der Waals surface area contributed by atoms with Gasteiger partial charge in [0, 0.05) is 11.8 Å². The molecule has 0 aliphatic heterocycles. The van der Waals surface area contributed by atoms with Gasteiger partial charge in [-0.3, -0.25) is 4.79 Å². The van der Waals surface area contributed by atoms with E-state index in [-0.39, 0.29) is 28.4 Å². The second kappa shape index (κ2) is 5.72. The molecule has 2 saturated carbocycles. The molecule has 24 heavy (non-hydrogen) atoms. The van der Waals surface area contributed by atoms with Crippen LogP contribution in [0, 0.1) is 22.7 Å². The average molecular weight is 327 g/mol. The zero-order chi connectivity index (χ0) is 17.5. The van der Waals surface area contributed by atoms with Gasteiger partial charge in [-0.2, -0.15) is 5.10 Å². The maximum atomic E-state index is 13.2. The standard InChI is InChI=1S/C19H25N3O2/c1-18(2)13-9-10-19(18,3)16(23)15(13)14(21-22-17(20)24)11-12-7-5-4-6-8-12/h4-8,13,15H,9-11H2,1-3H3,(H3,20,22,24)/b21-14-. The minimum Gasteiger partial charge on any atom is -0.350 e. The van der Waals surface area contributed by atoms with Crippen LogP contribution in [0.2, 0.25) is 0 Å². The quantitative estimate of drug-likeness (QED) is 0.658. The molecule has 3 rings (SSSR count). The number of hydrogen-bond acceptors (Lipinski definition) is 3. The molecule has 2 fully saturated rings. The number of rotatable bonds is 4. The number of carbonyl (C=O) groups excluding carboxylic acids is 2. The van der Waals surface area contributed by atoms with Crippen molar-refractivity contribution in [1.82, 2.24) is 5.43 Å². The van der Waals surface area contributed by atoms with Gasteiger partial charge in [0.15, 0.2) is 0 Å². The number of primary amides is 1. The second-order valence-corrected chi connectivity index (χ2v) is 7.78. The minimum atomic E-state index is -0.707.